The van der Waals surface area contributed by atoms with Crippen LogP contribution in [0.5, 0.6) is 5.75 Å². The fraction of sp³-hybridized carbons (Fsp3) is 0.231. The molecule has 3 N–H and O–H groups in total. The molecule has 2 rings (SSSR count). The third-order valence-corrected chi connectivity index (χ3v) is 2.88. The second-order valence-electron chi connectivity index (χ2n) is 4.18. The van der Waals surface area contributed by atoms with Gasteiger partial charge in [-0.1, -0.05) is 6.92 Å². The lowest BCUT2D eigenvalue weighted by atomic mass is 10.2. The molecule has 1 aromatic carbocycles. The number of aryl methyl sites for hydroxylation is 1. The first-order valence-electron chi connectivity index (χ1n) is 6.32. The SMILES string of the molecule is CCc1n[nH]c(=S)n1/N=C\c1ccc(OCC(N)=O)cc1. The van der Waals surface area contributed by atoms with Crippen LogP contribution in [0.15, 0.2) is 29.4 Å². The number of H-pyrrole nitrogens is 1. The lowest BCUT2D eigenvalue weighted by Gasteiger charge is -2.03. The number of aromatic amines is 1. The molecule has 8 heteroatoms. The van der Waals surface area contributed by atoms with Gasteiger partial charge in [-0.3, -0.25) is 9.89 Å². The van der Waals surface area contributed by atoms with Crippen LogP contribution in [0.4, 0.5) is 0 Å². The van der Waals surface area contributed by atoms with E-state index in [0.717, 1.165) is 17.8 Å². The molecular formula is C13H15N5O2S. The van der Waals surface area contributed by atoms with Crippen molar-refractivity contribution in [3.05, 3.63) is 40.4 Å². The molecule has 0 spiro atoms. The lowest BCUT2D eigenvalue weighted by Crippen LogP contribution is -2.19. The highest BCUT2D eigenvalue weighted by molar-refractivity contribution is 7.71. The highest BCUT2D eigenvalue weighted by Crippen LogP contribution is 2.11. The average Bonchev–Trinajstić information content (AvgIpc) is 2.84. The van der Waals surface area contributed by atoms with E-state index in [1.54, 1.807) is 23.0 Å². The monoisotopic (exact) mass is 305 g/mol. The summed E-state index contributed by atoms with van der Waals surface area (Å²) in [5.41, 5.74) is 5.87. The quantitative estimate of drug-likeness (QED) is 0.620. The smallest absolute Gasteiger partial charge is 0.255 e. The standard InChI is InChI=1S/C13H15N5O2S/c1-2-12-16-17-13(21)18(12)15-7-9-3-5-10(6-4-9)20-8-11(14)19/h3-7H,2,8H2,1H3,(H2,14,19)(H,17,21)/b15-7-. The summed E-state index contributed by atoms with van der Waals surface area (Å²) >= 11 is 5.10. The Morgan fingerprint density at radius 1 is 1.52 bits per heavy atom. The van der Waals surface area contributed by atoms with Gasteiger partial charge in [-0.15, -0.1) is 0 Å². The van der Waals surface area contributed by atoms with Gasteiger partial charge in [-0.05, 0) is 42.0 Å². The number of nitrogens with two attached hydrogens (primary N) is 1. The van der Waals surface area contributed by atoms with Crippen LogP contribution in [0.1, 0.15) is 18.3 Å². The summed E-state index contributed by atoms with van der Waals surface area (Å²) in [5.74, 6) is 0.819. The van der Waals surface area contributed by atoms with E-state index in [0.29, 0.717) is 10.5 Å². The molecule has 0 fully saturated rings. The number of primary amides is 1. The Morgan fingerprint density at radius 2 is 2.24 bits per heavy atom. The number of aromatic nitrogens is 3. The maximum atomic E-state index is 10.6. The van der Waals surface area contributed by atoms with Crippen molar-refractivity contribution in [2.75, 3.05) is 6.61 Å². The van der Waals surface area contributed by atoms with E-state index < -0.39 is 5.91 Å². The van der Waals surface area contributed by atoms with Gasteiger partial charge in [0.15, 0.2) is 12.4 Å². The van der Waals surface area contributed by atoms with E-state index >= 15 is 0 Å². The molecule has 0 bridgehead atoms. The Bertz CT molecular complexity index is 702. The van der Waals surface area contributed by atoms with Gasteiger partial charge in [0, 0.05) is 6.42 Å². The van der Waals surface area contributed by atoms with Gasteiger partial charge in [0.2, 0.25) is 4.77 Å². The molecule has 0 saturated carbocycles. The molecule has 0 aliphatic rings. The average molecular weight is 305 g/mol. The predicted octanol–water partition coefficient (Wildman–Crippen LogP) is 1.25. The molecule has 0 aliphatic carbocycles. The second-order valence-corrected chi connectivity index (χ2v) is 4.57. The van der Waals surface area contributed by atoms with Crippen molar-refractivity contribution < 1.29 is 9.53 Å². The molecule has 7 nitrogen and oxygen atoms in total. The zero-order valence-corrected chi connectivity index (χ0v) is 12.3. The largest absolute Gasteiger partial charge is 0.484 e. The molecule has 21 heavy (non-hydrogen) atoms. The van der Waals surface area contributed by atoms with Gasteiger partial charge in [0.1, 0.15) is 5.75 Å². The third kappa shape index (κ3) is 3.99. The van der Waals surface area contributed by atoms with Crippen molar-refractivity contribution in [3.63, 3.8) is 0 Å². The van der Waals surface area contributed by atoms with Gasteiger partial charge in [-0.25, -0.2) is 0 Å². The van der Waals surface area contributed by atoms with E-state index in [2.05, 4.69) is 15.3 Å². The number of hydrogen-bond acceptors (Lipinski definition) is 5. The number of carbonyl (C=O) groups excluding carboxylic acids is 1. The summed E-state index contributed by atoms with van der Waals surface area (Å²) < 4.78 is 7.20. The highest BCUT2D eigenvalue weighted by atomic mass is 32.1. The van der Waals surface area contributed by atoms with Crippen LogP contribution in [-0.4, -0.2) is 33.6 Å². The van der Waals surface area contributed by atoms with Gasteiger partial charge >= 0.3 is 0 Å². The summed E-state index contributed by atoms with van der Waals surface area (Å²) in [6.45, 7) is 1.83. The van der Waals surface area contributed by atoms with E-state index in [4.69, 9.17) is 22.7 Å². The van der Waals surface area contributed by atoms with Gasteiger partial charge in [-0.2, -0.15) is 14.9 Å². The Labute approximate surface area is 126 Å². The summed E-state index contributed by atoms with van der Waals surface area (Å²) in [4.78, 5) is 10.6. The molecule has 0 saturated heterocycles. The molecule has 110 valence electrons. The topological polar surface area (TPSA) is 98.3 Å². The van der Waals surface area contributed by atoms with Crippen LogP contribution in [0.2, 0.25) is 0 Å². The van der Waals surface area contributed by atoms with Crippen LogP contribution < -0.4 is 10.5 Å². The fourth-order valence-electron chi connectivity index (χ4n) is 1.60. The second kappa shape index (κ2) is 6.80. The lowest BCUT2D eigenvalue weighted by molar-refractivity contribution is -0.119. The van der Waals surface area contributed by atoms with Crippen molar-refractivity contribution in [1.82, 2.24) is 14.9 Å². The molecule has 2 aromatic rings. The minimum Gasteiger partial charge on any atom is -0.484 e. The molecule has 1 heterocycles. The molecular weight excluding hydrogens is 290 g/mol. The zero-order valence-electron chi connectivity index (χ0n) is 11.4. The van der Waals surface area contributed by atoms with E-state index in [-0.39, 0.29) is 6.61 Å². The minimum atomic E-state index is -0.512. The summed E-state index contributed by atoms with van der Waals surface area (Å²) in [5, 5.41) is 11.1. The molecule has 0 unspecified atom stereocenters. The van der Waals surface area contributed by atoms with Crippen LogP contribution >= 0.6 is 12.2 Å². The van der Waals surface area contributed by atoms with Crippen LogP contribution in [0, 0.1) is 4.77 Å². The van der Waals surface area contributed by atoms with Crippen molar-refractivity contribution in [2.45, 2.75) is 13.3 Å². The van der Waals surface area contributed by atoms with Crippen LogP contribution in [-0.2, 0) is 11.2 Å². The maximum absolute atomic E-state index is 10.6. The number of benzene rings is 1. The first kappa shape index (κ1) is 14.9. The molecule has 1 aromatic heterocycles. The molecule has 0 aliphatic heterocycles. The van der Waals surface area contributed by atoms with E-state index in [9.17, 15) is 4.79 Å². The number of amides is 1. The van der Waals surface area contributed by atoms with E-state index in [1.807, 2.05) is 19.1 Å². The maximum Gasteiger partial charge on any atom is 0.255 e. The third-order valence-electron chi connectivity index (χ3n) is 2.62. The van der Waals surface area contributed by atoms with Crippen molar-refractivity contribution in [2.24, 2.45) is 10.8 Å². The van der Waals surface area contributed by atoms with Gasteiger partial charge in [0.25, 0.3) is 5.91 Å². The fourth-order valence-corrected chi connectivity index (χ4v) is 1.80. The van der Waals surface area contributed by atoms with Gasteiger partial charge < -0.3 is 10.5 Å². The van der Waals surface area contributed by atoms with Crippen LogP contribution in [0.3, 0.4) is 0 Å². The van der Waals surface area contributed by atoms with Crippen molar-refractivity contribution in [1.29, 1.82) is 0 Å². The number of hydrogen-bond donors (Lipinski definition) is 2. The van der Waals surface area contributed by atoms with E-state index in [1.165, 1.54) is 0 Å². The number of rotatable bonds is 6. The molecule has 1 amide bonds. The first-order valence-corrected chi connectivity index (χ1v) is 6.72. The highest BCUT2D eigenvalue weighted by Gasteiger charge is 2.01. The number of nitrogens with zero attached hydrogens (tertiary/aromatic N) is 3. The molecule has 0 atom stereocenters. The normalized spacial score (nSPS) is 10.9. The summed E-state index contributed by atoms with van der Waals surface area (Å²) in [6.07, 6.45) is 2.40. The summed E-state index contributed by atoms with van der Waals surface area (Å²) in [6, 6.07) is 7.10. The number of ether oxygens (including phenoxy) is 1. The summed E-state index contributed by atoms with van der Waals surface area (Å²) in [7, 11) is 0. The van der Waals surface area contributed by atoms with Crippen LogP contribution in [0.25, 0.3) is 0 Å². The minimum absolute atomic E-state index is 0.141. The first-order chi connectivity index (χ1) is 10.1. The Hall–Kier alpha value is -2.48. The van der Waals surface area contributed by atoms with Gasteiger partial charge in [0.05, 0.1) is 6.21 Å². The predicted molar refractivity (Wildman–Crippen MR) is 80.9 cm³/mol. The Kier molecular flexibility index (Phi) is 4.83. The zero-order chi connectivity index (χ0) is 15.2. The Balaban J connectivity index is 2.09. The Morgan fingerprint density at radius 3 is 2.86 bits per heavy atom. The number of carbonyl (C=O) groups is 1. The molecule has 0 radical (unpaired) electrons. The number of nitrogens with one attached hydrogen (secondary N) is 1. The van der Waals surface area contributed by atoms with Crippen molar-refractivity contribution in [3.8, 4) is 5.75 Å². The van der Waals surface area contributed by atoms with Crippen molar-refractivity contribution >= 4 is 24.3 Å².